The summed E-state index contributed by atoms with van der Waals surface area (Å²) in [6, 6.07) is 10.9. The second kappa shape index (κ2) is 10.4. The largest absolute Gasteiger partial charge is 0.493 e. The zero-order valence-electron chi connectivity index (χ0n) is 21.7. The SMILES string of the molecule is COc1cc(/C=C/C(=O)/C=C/c2cccc(OC(=O)C34CC5CC(CC(C5)C3)C4)c2)cc(OC)c1OC. The van der Waals surface area contributed by atoms with Gasteiger partial charge in [-0.25, -0.2) is 0 Å². The molecule has 0 spiro atoms. The lowest BCUT2D eigenvalue weighted by Crippen LogP contribution is -2.51. The minimum absolute atomic E-state index is 0.0721. The number of ether oxygens (including phenoxy) is 4. The zero-order valence-corrected chi connectivity index (χ0v) is 21.7. The van der Waals surface area contributed by atoms with Crippen LogP contribution >= 0.6 is 0 Å². The maximum atomic E-state index is 13.3. The van der Waals surface area contributed by atoms with E-state index >= 15 is 0 Å². The van der Waals surface area contributed by atoms with E-state index in [1.54, 1.807) is 45.6 Å². The molecule has 0 radical (unpaired) electrons. The number of rotatable bonds is 9. The Morgan fingerprint density at radius 1 is 0.784 bits per heavy atom. The molecule has 6 rings (SSSR count). The number of carbonyl (C=O) groups is 2. The van der Waals surface area contributed by atoms with Gasteiger partial charge in [-0.3, -0.25) is 9.59 Å². The normalized spacial score (nSPS) is 26.0. The number of methoxy groups -OCH3 is 3. The van der Waals surface area contributed by atoms with Crippen LogP contribution < -0.4 is 18.9 Å². The zero-order chi connectivity index (χ0) is 26.0. The quantitative estimate of drug-likeness (QED) is 0.233. The molecule has 0 amide bonds. The maximum absolute atomic E-state index is 13.3. The molecule has 194 valence electrons. The molecule has 37 heavy (non-hydrogen) atoms. The van der Waals surface area contributed by atoms with Gasteiger partial charge in [0.1, 0.15) is 5.75 Å². The van der Waals surface area contributed by atoms with Crippen molar-refractivity contribution in [3.8, 4) is 23.0 Å². The molecule has 4 saturated carbocycles. The van der Waals surface area contributed by atoms with Crippen LogP contribution in [0.5, 0.6) is 23.0 Å². The third kappa shape index (κ3) is 5.29. The van der Waals surface area contributed by atoms with Crippen LogP contribution in [0.15, 0.2) is 48.6 Å². The van der Waals surface area contributed by atoms with Crippen LogP contribution in [-0.4, -0.2) is 33.1 Å². The molecule has 2 aromatic carbocycles. The number of hydrogen-bond acceptors (Lipinski definition) is 6. The first-order valence-electron chi connectivity index (χ1n) is 12.9. The molecule has 2 aromatic rings. The van der Waals surface area contributed by atoms with Crippen molar-refractivity contribution in [2.75, 3.05) is 21.3 Å². The monoisotopic (exact) mass is 502 g/mol. The van der Waals surface area contributed by atoms with Gasteiger partial charge in [0, 0.05) is 0 Å². The van der Waals surface area contributed by atoms with Crippen LogP contribution in [0, 0.1) is 23.2 Å². The van der Waals surface area contributed by atoms with Crippen molar-refractivity contribution in [1.82, 2.24) is 0 Å². The van der Waals surface area contributed by atoms with Crippen molar-refractivity contribution in [3.63, 3.8) is 0 Å². The highest BCUT2D eigenvalue weighted by Crippen LogP contribution is 2.60. The highest BCUT2D eigenvalue weighted by Gasteiger charge is 2.55. The Balaban J connectivity index is 1.23. The Morgan fingerprint density at radius 2 is 1.35 bits per heavy atom. The third-order valence-electron chi connectivity index (χ3n) is 8.11. The van der Waals surface area contributed by atoms with Crippen LogP contribution in [0.1, 0.15) is 49.7 Å². The second-order valence-electron chi connectivity index (χ2n) is 10.7. The number of carbonyl (C=O) groups excluding carboxylic acids is 2. The van der Waals surface area contributed by atoms with E-state index in [1.165, 1.54) is 31.4 Å². The Hall–Kier alpha value is -3.54. The molecule has 6 nitrogen and oxygen atoms in total. The minimum atomic E-state index is -0.297. The van der Waals surface area contributed by atoms with Crippen molar-refractivity contribution < 1.29 is 28.5 Å². The Kier molecular flexibility index (Phi) is 7.09. The van der Waals surface area contributed by atoms with E-state index in [0.29, 0.717) is 40.8 Å². The van der Waals surface area contributed by atoms with Crippen LogP contribution in [-0.2, 0) is 9.59 Å². The summed E-state index contributed by atoms with van der Waals surface area (Å²) >= 11 is 0. The summed E-state index contributed by atoms with van der Waals surface area (Å²) in [4.78, 5) is 25.8. The first-order valence-corrected chi connectivity index (χ1v) is 12.9. The van der Waals surface area contributed by atoms with Crippen molar-refractivity contribution in [2.45, 2.75) is 38.5 Å². The summed E-state index contributed by atoms with van der Waals surface area (Å²) in [5.41, 5.74) is 1.24. The molecule has 6 heteroatoms. The van der Waals surface area contributed by atoms with Gasteiger partial charge in [-0.1, -0.05) is 24.3 Å². The van der Waals surface area contributed by atoms with Gasteiger partial charge in [-0.2, -0.15) is 0 Å². The van der Waals surface area contributed by atoms with Crippen LogP contribution in [0.4, 0.5) is 0 Å². The molecule has 4 fully saturated rings. The molecule has 0 unspecified atom stereocenters. The van der Waals surface area contributed by atoms with Gasteiger partial charge >= 0.3 is 5.97 Å². The van der Waals surface area contributed by atoms with Gasteiger partial charge in [-0.05, 0) is 104 Å². The molecule has 0 aliphatic heterocycles. The highest BCUT2D eigenvalue weighted by molar-refractivity contribution is 6.04. The first-order chi connectivity index (χ1) is 17.9. The molecule has 0 atom stereocenters. The van der Waals surface area contributed by atoms with Crippen LogP contribution in [0.3, 0.4) is 0 Å². The molecule has 0 heterocycles. The summed E-state index contributed by atoms with van der Waals surface area (Å²) < 4.78 is 22.0. The lowest BCUT2D eigenvalue weighted by Gasteiger charge is -2.55. The molecule has 0 N–H and O–H groups in total. The summed E-state index contributed by atoms with van der Waals surface area (Å²) in [6.45, 7) is 0. The Bertz CT molecular complexity index is 1180. The van der Waals surface area contributed by atoms with E-state index in [9.17, 15) is 9.59 Å². The number of hydrogen-bond donors (Lipinski definition) is 0. The van der Waals surface area contributed by atoms with Gasteiger partial charge in [-0.15, -0.1) is 0 Å². The van der Waals surface area contributed by atoms with Gasteiger partial charge in [0.2, 0.25) is 5.75 Å². The predicted octanol–water partition coefficient (Wildman–Crippen LogP) is 6.13. The average molecular weight is 503 g/mol. The fraction of sp³-hybridized carbons (Fsp3) is 0.419. The van der Waals surface area contributed by atoms with E-state index in [4.69, 9.17) is 18.9 Å². The van der Waals surface area contributed by atoms with Gasteiger partial charge < -0.3 is 18.9 Å². The van der Waals surface area contributed by atoms with Gasteiger partial charge in [0.25, 0.3) is 0 Å². The first kappa shape index (κ1) is 25.1. The maximum Gasteiger partial charge on any atom is 0.317 e. The number of ketones is 1. The topological polar surface area (TPSA) is 71.1 Å². The van der Waals surface area contributed by atoms with Crippen molar-refractivity contribution in [1.29, 1.82) is 0 Å². The molecular weight excluding hydrogens is 468 g/mol. The molecule has 0 aromatic heterocycles. The van der Waals surface area contributed by atoms with Crippen LogP contribution in [0.25, 0.3) is 12.2 Å². The standard InChI is InChI=1S/C31H34O6/c1-34-27-15-21(16-28(35-2)29(27)36-3)8-10-25(32)9-7-20-5-4-6-26(14-20)37-30(33)31-17-22-11-23(18-31)13-24(12-22)19-31/h4-10,14-16,22-24H,11-13,17-19H2,1-3H3/b9-7+,10-8+. The minimum Gasteiger partial charge on any atom is -0.493 e. The van der Waals surface area contributed by atoms with E-state index in [1.807, 2.05) is 24.3 Å². The summed E-state index contributed by atoms with van der Waals surface area (Å²) in [5.74, 6) is 3.88. The fourth-order valence-electron chi connectivity index (χ4n) is 6.87. The van der Waals surface area contributed by atoms with E-state index in [0.717, 1.165) is 30.4 Å². The van der Waals surface area contributed by atoms with Crippen molar-refractivity contribution in [2.24, 2.45) is 23.2 Å². The summed E-state index contributed by atoms with van der Waals surface area (Å²) in [6.07, 6.45) is 13.2. The number of allylic oxidation sites excluding steroid dienone is 2. The Morgan fingerprint density at radius 3 is 1.89 bits per heavy atom. The van der Waals surface area contributed by atoms with E-state index in [-0.39, 0.29) is 17.2 Å². The molecule has 4 aliphatic carbocycles. The number of benzene rings is 2. The molecule has 4 bridgehead atoms. The average Bonchev–Trinajstić information content (AvgIpc) is 2.89. The fourth-order valence-corrected chi connectivity index (χ4v) is 6.87. The highest BCUT2D eigenvalue weighted by atomic mass is 16.5. The predicted molar refractivity (Wildman–Crippen MR) is 142 cm³/mol. The van der Waals surface area contributed by atoms with E-state index in [2.05, 4.69) is 0 Å². The molecular formula is C31H34O6. The van der Waals surface area contributed by atoms with Gasteiger partial charge in [0.05, 0.1) is 26.7 Å². The summed E-state index contributed by atoms with van der Waals surface area (Å²) in [7, 11) is 4.64. The van der Waals surface area contributed by atoms with Crippen molar-refractivity contribution >= 4 is 23.9 Å². The van der Waals surface area contributed by atoms with Crippen molar-refractivity contribution in [3.05, 3.63) is 59.7 Å². The Labute approximate surface area is 218 Å². The third-order valence-corrected chi connectivity index (χ3v) is 8.11. The molecule has 4 aliphatic rings. The molecule has 0 saturated heterocycles. The van der Waals surface area contributed by atoms with E-state index < -0.39 is 0 Å². The number of esters is 1. The van der Waals surface area contributed by atoms with Crippen LogP contribution in [0.2, 0.25) is 0 Å². The lowest BCUT2D eigenvalue weighted by atomic mass is 9.49. The lowest BCUT2D eigenvalue weighted by molar-refractivity contribution is -0.161. The smallest absolute Gasteiger partial charge is 0.317 e. The second-order valence-corrected chi connectivity index (χ2v) is 10.7. The van der Waals surface area contributed by atoms with Gasteiger partial charge in [0.15, 0.2) is 17.3 Å². The summed E-state index contributed by atoms with van der Waals surface area (Å²) in [5, 5.41) is 0.